The lowest BCUT2D eigenvalue weighted by Crippen LogP contribution is -2.39. The van der Waals surface area contributed by atoms with E-state index in [0.29, 0.717) is 13.2 Å². The molecule has 0 bridgehead atoms. The number of aromatic nitrogens is 3. The van der Waals surface area contributed by atoms with Crippen LogP contribution in [0, 0.1) is 0 Å². The number of fused-ring (bicyclic) bond motifs is 1. The van der Waals surface area contributed by atoms with Crippen LogP contribution < -0.4 is 10.6 Å². The quantitative estimate of drug-likeness (QED) is 0.419. The van der Waals surface area contributed by atoms with Gasteiger partial charge in [-0.15, -0.1) is 10.2 Å². The van der Waals surface area contributed by atoms with Crippen LogP contribution in [-0.4, -0.2) is 47.5 Å². The van der Waals surface area contributed by atoms with Crippen molar-refractivity contribution in [1.82, 2.24) is 25.4 Å². The zero-order valence-corrected chi connectivity index (χ0v) is 13.1. The summed E-state index contributed by atoms with van der Waals surface area (Å²) in [6.07, 6.45) is 4.49. The van der Waals surface area contributed by atoms with Crippen LogP contribution in [0.5, 0.6) is 0 Å². The van der Waals surface area contributed by atoms with E-state index in [-0.39, 0.29) is 0 Å². The molecular weight excluding hydrogens is 268 g/mol. The van der Waals surface area contributed by atoms with Crippen LogP contribution in [0.25, 0.3) is 0 Å². The molecule has 0 saturated heterocycles. The van der Waals surface area contributed by atoms with E-state index in [4.69, 9.17) is 4.74 Å². The van der Waals surface area contributed by atoms with Gasteiger partial charge in [-0.25, -0.2) is 4.99 Å². The highest BCUT2D eigenvalue weighted by molar-refractivity contribution is 5.79. The van der Waals surface area contributed by atoms with Crippen molar-refractivity contribution in [2.45, 2.75) is 45.7 Å². The molecule has 0 amide bonds. The highest BCUT2D eigenvalue weighted by atomic mass is 16.5. The zero-order valence-electron chi connectivity index (χ0n) is 13.1. The summed E-state index contributed by atoms with van der Waals surface area (Å²) in [6.45, 7) is 6.08. The number of aryl methyl sites for hydroxylation is 1. The third kappa shape index (κ3) is 4.70. The molecule has 0 unspecified atom stereocenters. The van der Waals surface area contributed by atoms with Crippen LogP contribution in [-0.2, 0) is 24.2 Å². The molecule has 21 heavy (non-hydrogen) atoms. The molecule has 7 heteroatoms. The van der Waals surface area contributed by atoms with Crippen molar-refractivity contribution in [2.24, 2.45) is 4.99 Å². The van der Waals surface area contributed by atoms with E-state index in [0.717, 1.165) is 62.9 Å². The van der Waals surface area contributed by atoms with Crippen LogP contribution >= 0.6 is 0 Å². The molecule has 1 aromatic heterocycles. The van der Waals surface area contributed by atoms with Gasteiger partial charge in [-0.1, -0.05) is 13.3 Å². The zero-order chi connectivity index (χ0) is 14.9. The molecule has 0 aromatic carbocycles. The van der Waals surface area contributed by atoms with E-state index in [1.165, 1.54) is 0 Å². The molecule has 2 N–H and O–H groups in total. The molecular formula is C14H26N6O. The third-order valence-electron chi connectivity index (χ3n) is 3.49. The van der Waals surface area contributed by atoms with Crippen LogP contribution in [0.4, 0.5) is 0 Å². The van der Waals surface area contributed by atoms with Gasteiger partial charge in [0.25, 0.3) is 0 Å². The van der Waals surface area contributed by atoms with Gasteiger partial charge >= 0.3 is 0 Å². The Labute approximate surface area is 126 Å². The van der Waals surface area contributed by atoms with Gasteiger partial charge < -0.3 is 19.9 Å². The maximum Gasteiger partial charge on any atom is 0.191 e. The Kier molecular flexibility index (Phi) is 6.46. The molecule has 0 fully saturated rings. The van der Waals surface area contributed by atoms with Gasteiger partial charge in [0.15, 0.2) is 11.8 Å². The van der Waals surface area contributed by atoms with Gasteiger partial charge in [0.1, 0.15) is 12.4 Å². The summed E-state index contributed by atoms with van der Waals surface area (Å²) in [7, 11) is 1.70. The number of unbranched alkanes of at least 4 members (excludes halogenated alkanes) is 1. The molecule has 0 spiro atoms. The molecule has 7 nitrogen and oxygen atoms in total. The Bertz CT molecular complexity index is 444. The first-order valence-corrected chi connectivity index (χ1v) is 7.77. The Morgan fingerprint density at radius 2 is 2.19 bits per heavy atom. The molecule has 2 heterocycles. The molecule has 0 saturated carbocycles. The second kappa shape index (κ2) is 8.61. The number of hydrogen-bond acceptors (Lipinski definition) is 4. The van der Waals surface area contributed by atoms with Crippen LogP contribution in [0.15, 0.2) is 4.99 Å². The summed E-state index contributed by atoms with van der Waals surface area (Å²) in [4.78, 5) is 4.60. The normalized spacial score (nSPS) is 14.3. The van der Waals surface area contributed by atoms with Crippen molar-refractivity contribution < 1.29 is 4.74 Å². The predicted molar refractivity (Wildman–Crippen MR) is 82.3 cm³/mol. The average Bonchev–Trinajstić information content (AvgIpc) is 3.08. The highest BCUT2D eigenvalue weighted by Gasteiger charge is 2.16. The second-order valence-corrected chi connectivity index (χ2v) is 5.15. The van der Waals surface area contributed by atoms with Gasteiger partial charge in [0.2, 0.25) is 0 Å². The fraction of sp³-hybridized carbons (Fsp3) is 0.786. The molecule has 1 aliphatic heterocycles. The Balaban J connectivity index is 1.90. The van der Waals surface area contributed by atoms with Gasteiger partial charge in [-0.2, -0.15) is 0 Å². The van der Waals surface area contributed by atoms with Crippen molar-refractivity contribution >= 4 is 5.96 Å². The van der Waals surface area contributed by atoms with E-state index in [1.54, 1.807) is 7.11 Å². The summed E-state index contributed by atoms with van der Waals surface area (Å²) < 4.78 is 7.24. The van der Waals surface area contributed by atoms with E-state index in [9.17, 15) is 0 Å². The summed E-state index contributed by atoms with van der Waals surface area (Å²) in [5, 5.41) is 15.0. The number of nitrogens with zero attached hydrogens (tertiary/aromatic N) is 4. The predicted octanol–water partition coefficient (Wildman–Crippen LogP) is 0.706. The van der Waals surface area contributed by atoms with Crippen LogP contribution in [0.1, 0.15) is 37.8 Å². The van der Waals surface area contributed by atoms with Crippen molar-refractivity contribution in [3.8, 4) is 0 Å². The summed E-state index contributed by atoms with van der Waals surface area (Å²) >= 11 is 0. The lowest BCUT2D eigenvalue weighted by molar-refractivity contribution is 0.203. The minimum Gasteiger partial charge on any atom is -0.383 e. The first-order chi connectivity index (χ1) is 10.3. The van der Waals surface area contributed by atoms with Gasteiger partial charge in [0, 0.05) is 33.2 Å². The fourth-order valence-corrected chi connectivity index (χ4v) is 2.31. The monoisotopic (exact) mass is 294 g/mol. The smallest absolute Gasteiger partial charge is 0.191 e. The maximum absolute atomic E-state index is 5.06. The average molecular weight is 294 g/mol. The fourth-order valence-electron chi connectivity index (χ4n) is 2.31. The molecule has 0 aliphatic carbocycles. The van der Waals surface area contributed by atoms with E-state index >= 15 is 0 Å². The number of ether oxygens (including phenoxy) is 1. The van der Waals surface area contributed by atoms with Crippen LogP contribution in [0.3, 0.4) is 0 Å². The summed E-state index contributed by atoms with van der Waals surface area (Å²) in [5.41, 5.74) is 0. The number of rotatable bonds is 8. The topological polar surface area (TPSA) is 76.4 Å². The first kappa shape index (κ1) is 15.8. The standard InChI is InChI=1S/C14H26N6O/c1-3-4-7-15-14(16-8-10-21-2)17-11-13-19-18-12-6-5-9-20(12)13/h3-11H2,1-2H3,(H2,15,16,17). The van der Waals surface area contributed by atoms with Gasteiger partial charge in [-0.05, 0) is 12.8 Å². The van der Waals surface area contributed by atoms with E-state index in [2.05, 4.69) is 37.3 Å². The molecule has 1 aromatic rings. The van der Waals surface area contributed by atoms with Crippen molar-refractivity contribution in [2.75, 3.05) is 26.8 Å². The van der Waals surface area contributed by atoms with Crippen molar-refractivity contribution in [3.63, 3.8) is 0 Å². The number of methoxy groups -OCH3 is 1. The Morgan fingerprint density at radius 3 is 3.00 bits per heavy atom. The van der Waals surface area contributed by atoms with E-state index in [1.807, 2.05) is 0 Å². The number of hydrogen-bond donors (Lipinski definition) is 2. The SMILES string of the molecule is CCCCNC(=NCc1nnc2n1CCC2)NCCOC. The lowest BCUT2D eigenvalue weighted by atomic mass is 10.3. The molecule has 1 aliphatic rings. The maximum atomic E-state index is 5.06. The Hall–Kier alpha value is -1.63. The minimum atomic E-state index is 0.557. The molecule has 0 radical (unpaired) electrons. The Morgan fingerprint density at radius 1 is 1.33 bits per heavy atom. The summed E-state index contributed by atoms with van der Waals surface area (Å²) in [5.74, 6) is 2.86. The third-order valence-corrected chi connectivity index (χ3v) is 3.49. The highest BCUT2D eigenvalue weighted by Crippen LogP contribution is 2.14. The molecule has 0 atom stereocenters. The van der Waals surface area contributed by atoms with Crippen LogP contribution in [0.2, 0.25) is 0 Å². The largest absolute Gasteiger partial charge is 0.383 e. The second-order valence-electron chi connectivity index (χ2n) is 5.15. The molecule has 118 valence electrons. The number of aliphatic imine (C=N–C) groups is 1. The molecule has 2 rings (SSSR count). The van der Waals surface area contributed by atoms with Gasteiger partial charge in [0.05, 0.1) is 6.61 Å². The van der Waals surface area contributed by atoms with Crippen molar-refractivity contribution in [3.05, 3.63) is 11.6 Å². The first-order valence-electron chi connectivity index (χ1n) is 7.77. The number of guanidine groups is 1. The van der Waals surface area contributed by atoms with Crippen molar-refractivity contribution in [1.29, 1.82) is 0 Å². The summed E-state index contributed by atoms with van der Waals surface area (Å²) in [6, 6.07) is 0. The van der Waals surface area contributed by atoms with E-state index < -0.39 is 0 Å². The van der Waals surface area contributed by atoms with Gasteiger partial charge in [-0.3, -0.25) is 0 Å². The number of nitrogens with one attached hydrogen (secondary N) is 2. The minimum absolute atomic E-state index is 0.557. The lowest BCUT2D eigenvalue weighted by Gasteiger charge is -2.12.